The van der Waals surface area contributed by atoms with Gasteiger partial charge in [0.2, 0.25) is 0 Å². The van der Waals surface area contributed by atoms with Crippen molar-refractivity contribution in [1.82, 2.24) is 30.1 Å². The number of fused-ring (bicyclic) bond motifs is 3. The third kappa shape index (κ3) is 3.45. The van der Waals surface area contributed by atoms with Crippen molar-refractivity contribution < 1.29 is 14.3 Å². The molecule has 0 saturated heterocycles. The summed E-state index contributed by atoms with van der Waals surface area (Å²) in [6, 6.07) is 12.6. The van der Waals surface area contributed by atoms with Crippen LogP contribution in [0.15, 0.2) is 42.5 Å². The lowest BCUT2D eigenvalue weighted by molar-refractivity contribution is 0.0601. The number of hydrogen-bond donors (Lipinski definition) is 2. The van der Waals surface area contributed by atoms with E-state index in [0.717, 1.165) is 27.7 Å². The molecular weight excluding hydrogens is 410 g/mol. The highest BCUT2D eigenvalue weighted by Gasteiger charge is 2.25. The van der Waals surface area contributed by atoms with Crippen LogP contribution in [0.2, 0.25) is 0 Å². The average Bonchev–Trinajstić information content (AvgIpc) is 3.41. The largest absolute Gasteiger partial charge is 0.465 e. The summed E-state index contributed by atoms with van der Waals surface area (Å²) in [4.78, 5) is 30.1. The number of esters is 1. The van der Waals surface area contributed by atoms with Crippen LogP contribution in [0.5, 0.6) is 0 Å². The van der Waals surface area contributed by atoms with E-state index < -0.39 is 0 Å². The van der Waals surface area contributed by atoms with Crippen LogP contribution in [-0.4, -0.2) is 55.7 Å². The summed E-state index contributed by atoms with van der Waals surface area (Å²) in [5.41, 5.74) is 5.00. The van der Waals surface area contributed by atoms with Crippen LogP contribution in [0.1, 0.15) is 21.6 Å². The van der Waals surface area contributed by atoms with E-state index in [1.807, 2.05) is 36.4 Å². The van der Waals surface area contributed by atoms with Crippen LogP contribution in [0.25, 0.3) is 22.3 Å². The lowest BCUT2D eigenvalue weighted by Gasteiger charge is -2.27. The molecule has 10 heteroatoms. The normalized spacial score (nSPS) is 13.1. The maximum atomic E-state index is 13.0. The Morgan fingerprint density at radius 3 is 2.84 bits per heavy atom. The third-order valence-electron chi connectivity index (χ3n) is 5.68. The first-order valence-corrected chi connectivity index (χ1v) is 10.1. The van der Waals surface area contributed by atoms with Crippen molar-refractivity contribution in [1.29, 1.82) is 0 Å². The van der Waals surface area contributed by atoms with Gasteiger partial charge in [-0.25, -0.2) is 14.3 Å². The van der Waals surface area contributed by atoms with Gasteiger partial charge >= 0.3 is 12.0 Å². The van der Waals surface area contributed by atoms with Crippen molar-refractivity contribution in [3.8, 4) is 11.4 Å². The first kappa shape index (κ1) is 19.7. The lowest BCUT2D eigenvalue weighted by atomic mass is 10.0. The second kappa shape index (κ2) is 7.80. The number of benzene rings is 2. The van der Waals surface area contributed by atoms with Crippen LogP contribution in [0, 0.1) is 0 Å². The minimum atomic E-state index is -0.384. The van der Waals surface area contributed by atoms with E-state index in [1.54, 1.807) is 22.7 Å². The van der Waals surface area contributed by atoms with E-state index in [2.05, 4.69) is 25.8 Å². The fourth-order valence-corrected chi connectivity index (χ4v) is 4.04. The van der Waals surface area contributed by atoms with Crippen molar-refractivity contribution in [2.45, 2.75) is 13.0 Å². The van der Waals surface area contributed by atoms with Crippen molar-refractivity contribution in [3.05, 3.63) is 59.3 Å². The molecular formula is C22H21N7O3. The number of H-pyrrole nitrogens is 1. The first-order chi connectivity index (χ1) is 15.5. The number of aromatic amines is 1. The number of nitrogens with zero attached hydrogens (tertiary/aromatic N) is 5. The molecule has 0 radical (unpaired) electrons. The molecule has 4 aromatic rings. The van der Waals surface area contributed by atoms with Crippen molar-refractivity contribution in [3.63, 3.8) is 0 Å². The molecule has 10 nitrogen and oxygen atoms in total. The number of hydrogen-bond acceptors (Lipinski definition) is 6. The van der Waals surface area contributed by atoms with Crippen molar-refractivity contribution in [2.24, 2.45) is 7.05 Å². The second-order valence-corrected chi connectivity index (χ2v) is 7.64. The highest BCUT2D eigenvalue weighted by Crippen LogP contribution is 2.29. The van der Waals surface area contributed by atoms with Crippen LogP contribution < -0.4 is 5.32 Å². The van der Waals surface area contributed by atoms with Gasteiger partial charge < -0.3 is 19.9 Å². The smallest absolute Gasteiger partial charge is 0.337 e. The Kier molecular flexibility index (Phi) is 4.81. The molecule has 0 bridgehead atoms. The number of carbonyl (C=O) groups is 2. The first-order valence-electron chi connectivity index (χ1n) is 10.1. The zero-order chi connectivity index (χ0) is 22.2. The van der Waals surface area contributed by atoms with Gasteiger partial charge in [0, 0.05) is 60.0 Å². The van der Waals surface area contributed by atoms with Gasteiger partial charge in [-0.2, -0.15) is 0 Å². The van der Waals surface area contributed by atoms with Gasteiger partial charge in [-0.15, -0.1) is 5.10 Å². The number of amides is 2. The van der Waals surface area contributed by atoms with Crippen LogP contribution >= 0.6 is 0 Å². The molecule has 1 aliphatic rings. The van der Waals surface area contributed by atoms with Gasteiger partial charge in [0.05, 0.1) is 12.7 Å². The number of nitrogens with one attached hydrogen (secondary N) is 2. The van der Waals surface area contributed by atoms with E-state index >= 15 is 0 Å². The Hall–Kier alpha value is -4.21. The van der Waals surface area contributed by atoms with E-state index in [4.69, 9.17) is 4.74 Å². The maximum absolute atomic E-state index is 13.0. The summed E-state index contributed by atoms with van der Waals surface area (Å²) in [5, 5.41) is 15.4. The molecule has 2 aromatic heterocycles. The number of aryl methyl sites for hydroxylation is 1. The summed E-state index contributed by atoms with van der Waals surface area (Å²) >= 11 is 0. The molecule has 5 rings (SSSR count). The highest BCUT2D eigenvalue weighted by molar-refractivity contribution is 5.96. The summed E-state index contributed by atoms with van der Waals surface area (Å²) in [7, 11) is 3.12. The van der Waals surface area contributed by atoms with Gasteiger partial charge in [0.15, 0.2) is 5.82 Å². The fraction of sp³-hybridized carbons (Fsp3) is 0.227. The zero-order valence-electron chi connectivity index (χ0n) is 17.6. The summed E-state index contributed by atoms with van der Waals surface area (Å²) in [6.07, 6.45) is 0.704. The Morgan fingerprint density at radius 2 is 2.06 bits per heavy atom. The van der Waals surface area contributed by atoms with E-state index in [9.17, 15) is 9.59 Å². The number of ether oxygens (including phenoxy) is 1. The lowest BCUT2D eigenvalue weighted by Crippen LogP contribution is -2.38. The van der Waals surface area contributed by atoms with Crippen LogP contribution in [0.4, 0.5) is 10.5 Å². The van der Waals surface area contributed by atoms with Gasteiger partial charge in [0.25, 0.3) is 0 Å². The molecule has 2 aromatic carbocycles. The Labute approximate surface area is 183 Å². The highest BCUT2D eigenvalue weighted by atomic mass is 16.5. The summed E-state index contributed by atoms with van der Waals surface area (Å²) in [6.45, 7) is 1.03. The molecule has 0 saturated carbocycles. The maximum Gasteiger partial charge on any atom is 0.337 e. The minimum Gasteiger partial charge on any atom is -0.465 e. The molecule has 162 valence electrons. The van der Waals surface area contributed by atoms with E-state index in [1.165, 1.54) is 7.11 Å². The number of urea groups is 1. The Bertz CT molecular complexity index is 1340. The monoisotopic (exact) mass is 431 g/mol. The third-order valence-corrected chi connectivity index (χ3v) is 5.68. The number of rotatable bonds is 3. The predicted octanol–water partition coefficient (Wildman–Crippen LogP) is 2.74. The number of methoxy groups -OCH3 is 1. The van der Waals surface area contributed by atoms with E-state index in [-0.39, 0.29) is 12.0 Å². The second-order valence-electron chi connectivity index (χ2n) is 7.64. The Balaban J connectivity index is 1.37. The van der Waals surface area contributed by atoms with Crippen molar-refractivity contribution in [2.75, 3.05) is 19.0 Å². The molecule has 0 fully saturated rings. The van der Waals surface area contributed by atoms with Crippen molar-refractivity contribution >= 4 is 28.6 Å². The molecule has 0 unspecified atom stereocenters. The Morgan fingerprint density at radius 1 is 1.19 bits per heavy atom. The molecule has 0 atom stereocenters. The zero-order valence-corrected chi connectivity index (χ0v) is 17.6. The quantitative estimate of drug-likeness (QED) is 0.482. The number of carbonyl (C=O) groups excluding carboxylic acids is 2. The average molecular weight is 431 g/mol. The number of tetrazole rings is 1. The van der Waals surface area contributed by atoms with Gasteiger partial charge in [0.1, 0.15) is 0 Å². The summed E-state index contributed by atoms with van der Waals surface area (Å²) < 4.78 is 6.41. The molecule has 32 heavy (non-hydrogen) atoms. The predicted molar refractivity (Wildman–Crippen MR) is 117 cm³/mol. The fourth-order valence-electron chi connectivity index (χ4n) is 4.04. The molecule has 3 heterocycles. The standard InChI is InChI=1S/C22H21N7O3/c1-28-20(25-26-27-28)13-4-3-5-15(10-13)23-22(31)29-9-8-19-17(12-29)16-11-14(21(30)32-2)6-7-18(16)24-19/h3-7,10-11,24H,8-9,12H2,1-2H3,(H,23,31). The van der Waals surface area contributed by atoms with Crippen LogP contribution in [-0.2, 0) is 24.8 Å². The van der Waals surface area contributed by atoms with Gasteiger partial charge in [-0.3, -0.25) is 0 Å². The molecule has 0 spiro atoms. The molecule has 2 N–H and O–H groups in total. The minimum absolute atomic E-state index is 0.192. The summed E-state index contributed by atoms with van der Waals surface area (Å²) in [5.74, 6) is 0.231. The van der Waals surface area contributed by atoms with Crippen LogP contribution in [0.3, 0.4) is 0 Å². The van der Waals surface area contributed by atoms with Gasteiger partial charge in [-0.05, 0) is 40.8 Å². The number of aromatic nitrogens is 5. The molecule has 0 aliphatic carbocycles. The van der Waals surface area contributed by atoms with Gasteiger partial charge in [-0.1, -0.05) is 12.1 Å². The topological polar surface area (TPSA) is 118 Å². The molecule has 2 amide bonds. The number of anilines is 1. The molecule has 1 aliphatic heterocycles. The van der Waals surface area contributed by atoms with E-state index in [0.29, 0.717) is 36.6 Å². The SMILES string of the molecule is COC(=O)c1ccc2[nH]c3c(c2c1)CN(C(=O)Nc1cccc(-c2nnnn2C)c1)CC3.